The normalized spacial score (nSPS) is 43.6. The van der Waals surface area contributed by atoms with E-state index in [4.69, 9.17) is 4.43 Å². The third-order valence-corrected chi connectivity index (χ3v) is 16.0. The first-order valence-electron chi connectivity index (χ1n) is 11.6. The van der Waals surface area contributed by atoms with Crippen molar-refractivity contribution in [3.8, 4) is 0 Å². The molecular weight excluding hydrogens is 471 g/mol. The second kappa shape index (κ2) is 6.95. The van der Waals surface area contributed by atoms with Crippen LogP contribution in [0.15, 0.2) is 21.3 Å². The highest BCUT2D eigenvalue weighted by Gasteiger charge is 2.56. The summed E-state index contributed by atoms with van der Waals surface area (Å²) in [6.45, 7) is 17.1. The first kappa shape index (κ1) is 21.6. The zero-order valence-corrected chi connectivity index (χ0v) is 22.4. The Kier molecular flexibility index (Phi) is 5.36. The molecule has 0 heterocycles. The van der Waals surface area contributed by atoms with Crippen LogP contribution in [0.25, 0.3) is 0 Å². The summed E-state index contributed by atoms with van der Waals surface area (Å²) in [5.74, 6) is 2.68. The summed E-state index contributed by atoms with van der Waals surface area (Å²) in [7, 11) is -1.68. The Bertz CT molecular complexity index is 702. The molecule has 0 aromatic heterocycles. The third-order valence-electron chi connectivity index (χ3n) is 9.81. The van der Waals surface area contributed by atoms with Crippen molar-refractivity contribution in [2.24, 2.45) is 28.6 Å². The SMILES string of the molecule is CC(C)(C)[Si](C)(C)OC1CC[C@@]2(C)C(=CCC3C2CC[C@]2(C)C(I)=CCC32)C1. The smallest absolute Gasteiger partial charge is 0.192 e. The molecule has 28 heavy (non-hydrogen) atoms. The van der Waals surface area contributed by atoms with Gasteiger partial charge in [0.25, 0.3) is 0 Å². The Morgan fingerprint density at radius 2 is 1.68 bits per heavy atom. The molecule has 158 valence electrons. The Morgan fingerprint density at radius 1 is 1.00 bits per heavy atom. The molecule has 0 radical (unpaired) electrons. The molecule has 0 aliphatic heterocycles. The molecule has 0 N–H and O–H groups in total. The molecule has 2 fully saturated rings. The lowest BCUT2D eigenvalue weighted by molar-refractivity contribution is -0.0254. The summed E-state index contributed by atoms with van der Waals surface area (Å²) >= 11 is 2.64. The van der Waals surface area contributed by atoms with Crippen molar-refractivity contribution in [3.63, 3.8) is 0 Å². The topological polar surface area (TPSA) is 9.23 Å². The van der Waals surface area contributed by atoms with Gasteiger partial charge in [-0.05, 0) is 112 Å². The van der Waals surface area contributed by atoms with Crippen LogP contribution in [0.4, 0.5) is 0 Å². The van der Waals surface area contributed by atoms with E-state index in [-0.39, 0.29) is 0 Å². The Labute approximate surface area is 188 Å². The number of hydrogen-bond donors (Lipinski definition) is 0. The van der Waals surface area contributed by atoms with Crippen molar-refractivity contribution in [3.05, 3.63) is 21.3 Å². The highest BCUT2D eigenvalue weighted by molar-refractivity contribution is 14.1. The summed E-state index contributed by atoms with van der Waals surface area (Å²) in [5.41, 5.74) is 2.67. The Hall–Kier alpha value is 0.387. The minimum atomic E-state index is -1.68. The summed E-state index contributed by atoms with van der Waals surface area (Å²) in [6, 6.07) is 0. The molecule has 0 aromatic carbocycles. The maximum atomic E-state index is 6.86. The first-order valence-corrected chi connectivity index (χ1v) is 15.6. The van der Waals surface area contributed by atoms with Crippen LogP contribution in [-0.2, 0) is 4.43 Å². The predicted octanol–water partition coefficient (Wildman–Crippen LogP) is 8.27. The van der Waals surface area contributed by atoms with Gasteiger partial charge in [0.2, 0.25) is 0 Å². The van der Waals surface area contributed by atoms with E-state index in [0.717, 1.165) is 17.8 Å². The second-order valence-corrected chi connectivity index (χ2v) is 18.2. The van der Waals surface area contributed by atoms with Crippen LogP contribution >= 0.6 is 22.6 Å². The summed E-state index contributed by atoms with van der Waals surface area (Å²) < 4.78 is 8.51. The van der Waals surface area contributed by atoms with Gasteiger partial charge in [-0.1, -0.05) is 52.3 Å². The standard InChI is InChI=1S/C25H41IOSi/c1-23(2,3)28(6,7)27-18-12-14-24(4)17(16-18)8-9-19-20-10-11-22(26)25(20,5)15-13-21(19)24/h8,11,18-21H,9-10,12-16H2,1-7H3/t18?,19?,20?,21?,24-,25-/m0/s1. The molecule has 4 unspecified atom stereocenters. The fraction of sp³-hybridized carbons (Fsp3) is 0.840. The van der Waals surface area contributed by atoms with Crippen LogP contribution in [-0.4, -0.2) is 14.4 Å². The van der Waals surface area contributed by atoms with E-state index < -0.39 is 8.32 Å². The maximum absolute atomic E-state index is 6.86. The monoisotopic (exact) mass is 512 g/mol. The van der Waals surface area contributed by atoms with E-state index in [1.54, 1.807) is 9.15 Å². The zero-order valence-electron chi connectivity index (χ0n) is 19.2. The highest BCUT2D eigenvalue weighted by Crippen LogP contribution is 2.65. The molecule has 0 amide bonds. The molecule has 4 rings (SSSR count). The maximum Gasteiger partial charge on any atom is 0.192 e. The summed E-state index contributed by atoms with van der Waals surface area (Å²) in [6.07, 6.45) is 15.0. The number of allylic oxidation sites excluding steroid dienone is 3. The van der Waals surface area contributed by atoms with Gasteiger partial charge in [-0.25, -0.2) is 0 Å². The van der Waals surface area contributed by atoms with Gasteiger partial charge < -0.3 is 4.43 Å². The van der Waals surface area contributed by atoms with E-state index in [2.05, 4.69) is 82.5 Å². The van der Waals surface area contributed by atoms with Crippen LogP contribution in [0, 0.1) is 28.6 Å². The Morgan fingerprint density at radius 3 is 2.36 bits per heavy atom. The lowest BCUT2D eigenvalue weighted by Gasteiger charge is -2.58. The van der Waals surface area contributed by atoms with E-state index in [0.29, 0.717) is 22.0 Å². The van der Waals surface area contributed by atoms with Gasteiger partial charge in [0.1, 0.15) is 0 Å². The van der Waals surface area contributed by atoms with Gasteiger partial charge in [-0.3, -0.25) is 0 Å². The molecular formula is C25H41IOSi. The fourth-order valence-corrected chi connectivity index (χ4v) is 9.15. The van der Waals surface area contributed by atoms with Crippen LogP contribution in [0.3, 0.4) is 0 Å². The highest BCUT2D eigenvalue weighted by atomic mass is 127. The zero-order chi connectivity index (χ0) is 20.5. The van der Waals surface area contributed by atoms with Crippen molar-refractivity contribution in [2.45, 2.75) is 104 Å². The van der Waals surface area contributed by atoms with E-state index in [1.165, 1.54) is 44.9 Å². The third kappa shape index (κ3) is 3.25. The van der Waals surface area contributed by atoms with Gasteiger partial charge in [0.05, 0.1) is 0 Å². The van der Waals surface area contributed by atoms with Crippen LogP contribution in [0.2, 0.25) is 18.1 Å². The summed E-state index contributed by atoms with van der Waals surface area (Å²) in [5, 5.41) is 0.306. The lowest BCUT2D eigenvalue weighted by atomic mass is 9.48. The van der Waals surface area contributed by atoms with Crippen molar-refractivity contribution < 1.29 is 4.43 Å². The average Bonchev–Trinajstić information content (AvgIpc) is 2.89. The average molecular weight is 513 g/mol. The first-order chi connectivity index (χ1) is 12.9. The van der Waals surface area contributed by atoms with Crippen molar-refractivity contribution in [1.82, 2.24) is 0 Å². The minimum Gasteiger partial charge on any atom is -0.414 e. The fourth-order valence-electron chi connectivity index (χ4n) is 6.84. The molecule has 0 saturated heterocycles. The quantitative estimate of drug-likeness (QED) is 0.206. The molecule has 3 heteroatoms. The molecule has 0 spiro atoms. The second-order valence-electron chi connectivity index (χ2n) is 12.2. The van der Waals surface area contributed by atoms with Crippen LogP contribution in [0.1, 0.15) is 79.6 Å². The van der Waals surface area contributed by atoms with Crippen LogP contribution in [0.5, 0.6) is 0 Å². The van der Waals surface area contributed by atoms with Crippen molar-refractivity contribution >= 4 is 30.9 Å². The molecule has 4 aliphatic carbocycles. The molecule has 0 bridgehead atoms. The molecule has 4 aliphatic rings. The predicted molar refractivity (Wildman–Crippen MR) is 131 cm³/mol. The van der Waals surface area contributed by atoms with Gasteiger partial charge in [-0.15, -0.1) is 0 Å². The molecule has 1 nitrogen and oxygen atoms in total. The van der Waals surface area contributed by atoms with Gasteiger partial charge >= 0.3 is 0 Å². The van der Waals surface area contributed by atoms with E-state index >= 15 is 0 Å². The number of rotatable bonds is 2. The van der Waals surface area contributed by atoms with E-state index in [1.807, 2.05) is 0 Å². The van der Waals surface area contributed by atoms with Gasteiger partial charge in [0, 0.05) is 11.5 Å². The molecule has 0 aromatic rings. The largest absolute Gasteiger partial charge is 0.414 e. The molecule has 2 saturated carbocycles. The van der Waals surface area contributed by atoms with Crippen molar-refractivity contribution in [2.75, 3.05) is 0 Å². The van der Waals surface area contributed by atoms with Gasteiger partial charge in [-0.2, -0.15) is 0 Å². The lowest BCUT2D eigenvalue weighted by Crippen LogP contribution is -2.51. The van der Waals surface area contributed by atoms with E-state index in [9.17, 15) is 0 Å². The minimum absolute atomic E-state index is 0.306. The Balaban J connectivity index is 1.53. The summed E-state index contributed by atoms with van der Waals surface area (Å²) in [4.78, 5) is 0. The van der Waals surface area contributed by atoms with Crippen LogP contribution < -0.4 is 0 Å². The number of hydrogen-bond acceptors (Lipinski definition) is 1. The number of halogens is 1. The molecule has 6 atom stereocenters. The van der Waals surface area contributed by atoms with Crippen molar-refractivity contribution in [1.29, 1.82) is 0 Å². The van der Waals surface area contributed by atoms with Gasteiger partial charge in [0.15, 0.2) is 8.32 Å². The number of fused-ring (bicyclic) bond motifs is 5.